The van der Waals surface area contributed by atoms with E-state index < -0.39 is 10.0 Å². The molecule has 1 fully saturated rings. The van der Waals surface area contributed by atoms with Gasteiger partial charge in [-0.3, -0.25) is 0 Å². The Bertz CT molecular complexity index is 558. The Morgan fingerprint density at radius 2 is 2.29 bits per heavy atom. The van der Waals surface area contributed by atoms with Crippen LogP contribution in [0.3, 0.4) is 0 Å². The molecule has 0 amide bonds. The van der Waals surface area contributed by atoms with E-state index in [4.69, 9.17) is 10.00 Å². The minimum atomic E-state index is -3.12. The molecule has 1 aromatic heterocycles. The second-order valence-electron chi connectivity index (χ2n) is 3.81. The number of aromatic nitrogens is 1. The minimum Gasteiger partial charge on any atom is -0.471 e. The van der Waals surface area contributed by atoms with Crippen molar-refractivity contribution < 1.29 is 13.2 Å². The third kappa shape index (κ3) is 2.72. The van der Waals surface area contributed by atoms with Crippen LogP contribution < -0.4 is 4.74 Å². The summed E-state index contributed by atoms with van der Waals surface area (Å²) in [5, 5.41) is 8.70. The van der Waals surface area contributed by atoms with Crippen molar-refractivity contribution in [3.63, 3.8) is 0 Å². The number of hydrogen-bond acceptors (Lipinski definition) is 5. The highest BCUT2D eigenvalue weighted by atomic mass is 32.2. The maximum Gasteiger partial charge on any atom is 0.214 e. The number of pyridine rings is 1. The Kier molecular flexibility index (Phi) is 3.00. The molecule has 0 N–H and O–H groups in total. The van der Waals surface area contributed by atoms with Gasteiger partial charge in [-0.2, -0.15) is 9.57 Å². The molecule has 0 bridgehead atoms. The first-order valence-electron chi connectivity index (χ1n) is 4.97. The molecule has 0 radical (unpaired) electrons. The van der Waals surface area contributed by atoms with E-state index in [2.05, 4.69) is 4.98 Å². The molecule has 1 saturated heterocycles. The van der Waals surface area contributed by atoms with E-state index in [-0.39, 0.29) is 6.10 Å². The summed E-state index contributed by atoms with van der Waals surface area (Å²) in [6, 6.07) is 5.09. The van der Waals surface area contributed by atoms with Crippen LogP contribution in [0.1, 0.15) is 5.56 Å². The average Bonchev–Trinajstić information content (AvgIpc) is 2.21. The standard InChI is InChI=1S/C10H11N3O3S/c1-17(14,15)13-6-9(7-13)16-10-4-8(5-11)2-3-12-10/h2-4,9H,6-7H2,1H3. The fourth-order valence-electron chi connectivity index (χ4n) is 1.46. The summed E-state index contributed by atoms with van der Waals surface area (Å²) >= 11 is 0. The van der Waals surface area contributed by atoms with Gasteiger partial charge in [0.25, 0.3) is 0 Å². The van der Waals surface area contributed by atoms with Gasteiger partial charge < -0.3 is 4.74 Å². The van der Waals surface area contributed by atoms with E-state index in [1.165, 1.54) is 16.6 Å². The molecule has 1 aliphatic rings. The molecule has 90 valence electrons. The van der Waals surface area contributed by atoms with Crippen molar-refractivity contribution >= 4 is 10.0 Å². The van der Waals surface area contributed by atoms with Gasteiger partial charge in [-0.05, 0) is 6.07 Å². The molecule has 0 spiro atoms. The van der Waals surface area contributed by atoms with Crippen molar-refractivity contribution in [2.45, 2.75) is 6.10 Å². The average molecular weight is 253 g/mol. The maximum atomic E-state index is 11.1. The highest BCUT2D eigenvalue weighted by molar-refractivity contribution is 7.88. The lowest BCUT2D eigenvalue weighted by molar-refractivity contribution is 0.0726. The molecule has 0 aromatic carbocycles. The largest absolute Gasteiger partial charge is 0.471 e. The molecule has 1 aromatic rings. The normalized spacial score (nSPS) is 17.2. The Morgan fingerprint density at radius 1 is 1.59 bits per heavy atom. The number of rotatable bonds is 3. The Hall–Kier alpha value is -1.65. The number of nitrogens with zero attached hydrogens (tertiary/aromatic N) is 3. The van der Waals surface area contributed by atoms with Crippen LogP contribution in [0.15, 0.2) is 18.3 Å². The van der Waals surface area contributed by atoms with Gasteiger partial charge in [-0.25, -0.2) is 13.4 Å². The van der Waals surface area contributed by atoms with Crippen molar-refractivity contribution in [3.05, 3.63) is 23.9 Å². The number of nitriles is 1. The Morgan fingerprint density at radius 3 is 2.88 bits per heavy atom. The second kappa shape index (κ2) is 4.31. The third-order valence-corrected chi connectivity index (χ3v) is 3.67. The summed E-state index contributed by atoms with van der Waals surface area (Å²) < 4.78 is 29.0. The molecule has 17 heavy (non-hydrogen) atoms. The zero-order valence-corrected chi connectivity index (χ0v) is 10.0. The molecular weight excluding hydrogens is 242 g/mol. The van der Waals surface area contributed by atoms with Crippen LogP contribution in [0.2, 0.25) is 0 Å². The van der Waals surface area contributed by atoms with Gasteiger partial charge >= 0.3 is 0 Å². The van der Waals surface area contributed by atoms with Crippen LogP contribution in [0, 0.1) is 11.3 Å². The summed E-state index contributed by atoms with van der Waals surface area (Å²) in [6.45, 7) is 0.661. The first-order chi connectivity index (χ1) is 7.99. The van der Waals surface area contributed by atoms with Crippen molar-refractivity contribution in [1.29, 1.82) is 5.26 Å². The SMILES string of the molecule is CS(=O)(=O)N1CC(Oc2cc(C#N)ccn2)C1. The van der Waals surface area contributed by atoms with Crippen molar-refractivity contribution in [2.75, 3.05) is 19.3 Å². The van der Waals surface area contributed by atoms with E-state index in [0.29, 0.717) is 24.5 Å². The Labute approximate surface area is 99.5 Å². The fourth-order valence-corrected chi connectivity index (χ4v) is 2.33. The maximum absolute atomic E-state index is 11.1. The first-order valence-corrected chi connectivity index (χ1v) is 6.82. The van der Waals surface area contributed by atoms with Gasteiger partial charge in [0.1, 0.15) is 6.10 Å². The number of ether oxygens (including phenoxy) is 1. The summed E-state index contributed by atoms with van der Waals surface area (Å²) in [7, 11) is -3.12. The van der Waals surface area contributed by atoms with E-state index >= 15 is 0 Å². The summed E-state index contributed by atoms with van der Waals surface area (Å²) in [6.07, 6.45) is 2.46. The van der Waals surface area contributed by atoms with Crippen molar-refractivity contribution in [3.8, 4) is 11.9 Å². The zero-order chi connectivity index (χ0) is 12.5. The monoisotopic (exact) mass is 253 g/mol. The van der Waals surface area contributed by atoms with Gasteiger partial charge in [0.15, 0.2) is 0 Å². The third-order valence-electron chi connectivity index (χ3n) is 2.43. The second-order valence-corrected chi connectivity index (χ2v) is 5.80. The minimum absolute atomic E-state index is 0.189. The van der Waals surface area contributed by atoms with Crippen molar-refractivity contribution in [2.24, 2.45) is 0 Å². The highest BCUT2D eigenvalue weighted by Crippen LogP contribution is 2.18. The Balaban J connectivity index is 1.94. The van der Waals surface area contributed by atoms with Crippen LogP contribution in [0.4, 0.5) is 0 Å². The summed E-state index contributed by atoms with van der Waals surface area (Å²) in [5.74, 6) is 0.349. The molecule has 1 aliphatic heterocycles. The highest BCUT2D eigenvalue weighted by Gasteiger charge is 2.34. The molecule has 0 aliphatic carbocycles. The van der Waals surface area contributed by atoms with Crippen LogP contribution in [0.25, 0.3) is 0 Å². The van der Waals surface area contributed by atoms with Gasteiger partial charge in [-0.15, -0.1) is 0 Å². The summed E-state index contributed by atoms with van der Waals surface area (Å²) in [5.41, 5.74) is 0.467. The van der Waals surface area contributed by atoms with Crippen molar-refractivity contribution in [1.82, 2.24) is 9.29 Å². The lowest BCUT2D eigenvalue weighted by atomic mass is 10.2. The van der Waals surface area contributed by atoms with E-state index in [1.54, 1.807) is 6.07 Å². The van der Waals surface area contributed by atoms with Crippen LogP contribution >= 0.6 is 0 Å². The molecule has 7 heteroatoms. The molecule has 0 unspecified atom stereocenters. The molecule has 0 atom stereocenters. The van der Waals surface area contributed by atoms with E-state index in [1.807, 2.05) is 6.07 Å². The molecule has 6 nitrogen and oxygen atoms in total. The van der Waals surface area contributed by atoms with Gasteiger partial charge in [-0.1, -0.05) is 0 Å². The lowest BCUT2D eigenvalue weighted by Gasteiger charge is -2.36. The quantitative estimate of drug-likeness (QED) is 0.755. The molecule has 0 saturated carbocycles. The van der Waals surface area contributed by atoms with Crippen LogP contribution in [0.5, 0.6) is 5.88 Å². The molecule has 2 rings (SSSR count). The lowest BCUT2D eigenvalue weighted by Crippen LogP contribution is -2.55. The van der Waals surface area contributed by atoms with E-state index in [0.717, 1.165) is 6.26 Å². The van der Waals surface area contributed by atoms with E-state index in [9.17, 15) is 8.42 Å². The first kappa shape index (κ1) is 11.8. The predicted molar refractivity (Wildman–Crippen MR) is 59.8 cm³/mol. The molecular formula is C10H11N3O3S. The number of hydrogen-bond donors (Lipinski definition) is 0. The fraction of sp³-hybridized carbons (Fsp3) is 0.400. The number of sulfonamides is 1. The summed E-state index contributed by atoms with van der Waals surface area (Å²) in [4.78, 5) is 3.96. The smallest absolute Gasteiger partial charge is 0.214 e. The van der Waals surface area contributed by atoms with Crippen LogP contribution in [-0.4, -0.2) is 43.2 Å². The zero-order valence-electron chi connectivity index (χ0n) is 9.20. The topological polar surface area (TPSA) is 83.3 Å². The van der Waals surface area contributed by atoms with Crippen LogP contribution in [-0.2, 0) is 10.0 Å². The molecule has 2 heterocycles. The van der Waals surface area contributed by atoms with Gasteiger partial charge in [0, 0.05) is 12.3 Å². The predicted octanol–water partition coefficient (Wildman–Crippen LogP) is -0.0241. The van der Waals surface area contributed by atoms with Gasteiger partial charge in [0.2, 0.25) is 15.9 Å². The van der Waals surface area contributed by atoms with Gasteiger partial charge in [0.05, 0.1) is 31.0 Å².